The number of nitrogens with one attached hydrogen (secondary N) is 1. The van der Waals surface area contributed by atoms with Crippen molar-refractivity contribution in [3.8, 4) is 11.5 Å². The lowest BCUT2D eigenvalue weighted by atomic mass is 10.1. The molecule has 5 nitrogen and oxygen atoms in total. The minimum Gasteiger partial charge on any atom is -0.493 e. The van der Waals surface area contributed by atoms with Gasteiger partial charge in [0.1, 0.15) is 12.9 Å². The summed E-state index contributed by atoms with van der Waals surface area (Å²) in [5, 5.41) is 0.926. The third kappa shape index (κ3) is 3.08. The predicted octanol–water partition coefficient (Wildman–Crippen LogP) is 2.93. The number of hydrogen-bond donors (Lipinski definition) is 1. The molecule has 0 atom stereocenters. The van der Waals surface area contributed by atoms with Gasteiger partial charge in [0.15, 0.2) is 11.5 Å². The van der Waals surface area contributed by atoms with Gasteiger partial charge in [-0.15, -0.1) is 0 Å². The van der Waals surface area contributed by atoms with Crippen molar-refractivity contribution in [1.82, 2.24) is 4.98 Å². The number of aromatic amines is 1. The van der Waals surface area contributed by atoms with Gasteiger partial charge in [-0.25, -0.2) is 0 Å². The van der Waals surface area contributed by atoms with Crippen LogP contribution < -0.4 is 15.0 Å². The molecule has 1 aromatic heterocycles. The van der Waals surface area contributed by atoms with Crippen molar-refractivity contribution >= 4 is 17.2 Å². The van der Waals surface area contributed by atoms with Crippen LogP contribution in [0.5, 0.6) is 11.5 Å². The van der Waals surface area contributed by atoms with Gasteiger partial charge in [0.25, 0.3) is 0 Å². The fraction of sp³-hybridized carbons (Fsp3) is 0.111. The number of carbonyl (C=O) groups is 1. The molecule has 0 radical (unpaired) electrons. The molecule has 1 N–H and O–H groups in total. The number of pyridine rings is 1. The third-order valence-corrected chi connectivity index (χ3v) is 3.54. The lowest BCUT2D eigenvalue weighted by Gasteiger charge is -2.12. The Balaban J connectivity index is 1.92. The fourth-order valence-electron chi connectivity index (χ4n) is 2.43. The van der Waals surface area contributed by atoms with E-state index in [4.69, 9.17) is 9.47 Å². The molecule has 0 amide bonds. The summed E-state index contributed by atoms with van der Waals surface area (Å²) in [5.41, 5.74) is 1.88. The summed E-state index contributed by atoms with van der Waals surface area (Å²) in [6.45, 7) is 0.223. The zero-order valence-electron chi connectivity index (χ0n) is 12.5. The first-order chi connectivity index (χ1) is 11.2. The van der Waals surface area contributed by atoms with Crippen molar-refractivity contribution in [3.05, 3.63) is 70.0 Å². The maximum atomic E-state index is 11.7. The van der Waals surface area contributed by atoms with E-state index < -0.39 is 0 Å². The zero-order valence-corrected chi connectivity index (χ0v) is 12.5. The van der Waals surface area contributed by atoms with E-state index >= 15 is 0 Å². The Kier molecular flexibility index (Phi) is 4.10. The summed E-state index contributed by atoms with van der Waals surface area (Å²) in [6.07, 6.45) is 0.747. The first kappa shape index (κ1) is 14.8. The average molecular weight is 309 g/mol. The summed E-state index contributed by atoms with van der Waals surface area (Å²) >= 11 is 0. The molecule has 0 saturated heterocycles. The maximum absolute atomic E-state index is 11.7. The highest BCUT2D eigenvalue weighted by Crippen LogP contribution is 2.28. The number of fused-ring (bicyclic) bond motifs is 1. The molecule has 116 valence electrons. The first-order valence-electron chi connectivity index (χ1n) is 7.08. The van der Waals surface area contributed by atoms with Crippen LogP contribution in [0.2, 0.25) is 0 Å². The molecular formula is C18H15NO4. The molecule has 0 aliphatic rings. The molecule has 0 aliphatic heterocycles. The second kappa shape index (κ2) is 6.36. The van der Waals surface area contributed by atoms with Gasteiger partial charge in [0, 0.05) is 28.1 Å². The highest BCUT2D eigenvalue weighted by Gasteiger charge is 2.08. The minimum absolute atomic E-state index is 0.175. The number of carbonyl (C=O) groups excluding carboxylic acids is 1. The maximum Gasteiger partial charge on any atom is 0.248 e. The van der Waals surface area contributed by atoms with Crippen molar-refractivity contribution in [3.63, 3.8) is 0 Å². The van der Waals surface area contributed by atoms with Crippen LogP contribution in [0.15, 0.2) is 53.3 Å². The van der Waals surface area contributed by atoms with Gasteiger partial charge >= 0.3 is 0 Å². The smallest absolute Gasteiger partial charge is 0.248 e. The van der Waals surface area contributed by atoms with E-state index in [1.54, 1.807) is 18.2 Å². The lowest BCUT2D eigenvalue weighted by molar-refractivity contribution is 0.112. The molecule has 0 bridgehead atoms. The topological polar surface area (TPSA) is 68.4 Å². The average Bonchev–Trinajstić information content (AvgIpc) is 2.59. The minimum atomic E-state index is -0.175. The van der Waals surface area contributed by atoms with E-state index in [0.717, 1.165) is 22.8 Å². The monoisotopic (exact) mass is 309 g/mol. The van der Waals surface area contributed by atoms with Gasteiger partial charge < -0.3 is 14.5 Å². The molecule has 23 heavy (non-hydrogen) atoms. The molecule has 0 fully saturated rings. The predicted molar refractivity (Wildman–Crippen MR) is 87.3 cm³/mol. The number of hydrogen-bond acceptors (Lipinski definition) is 4. The SMILES string of the molecule is COc1cc(C=O)ccc1OCc1cc(=O)[nH]c2ccccc12. The molecule has 2 aromatic carbocycles. The largest absolute Gasteiger partial charge is 0.493 e. The highest BCUT2D eigenvalue weighted by molar-refractivity contribution is 5.81. The van der Waals surface area contributed by atoms with Gasteiger partial charge in [0.2, 0.25) is 5.56 Å². The van der Waals surface area contributed by atoms with Crippen LogP contribution in [0.3, 0.4) is 0 Å². The van der Waals surface area contributed by atoms with Gasteiger partial charge in [-0.05, 0) is 24.3 Å². The number of aromatic nitrogens is 1. The zero-order chi connectivity index (χ0) is 16.2. The Hall–Kier alpha value is -3.08. The number of para-hydroxylation sites is 1. The van der Waals surface area contributed by atoms with Crippen molar-refractivity contribution in [2.24, 2.45) is 0 Å². The van der Waals surface area contributed by atoms with Gasteiger partial charge in [-0.2, -0.15) is 0 Å². The summed E-state index contributed by atoms with van der Waals surface area (Å²) in [6, 6.07) is 14.0. The Morgan fingerprint density at radius 2 is 1.91 bits per heavy atom. The quantitative estimate of drug-likeness (QED) is 0.736. The standard InChI is InChI=1S/C18H15NO4/c1-22-17-8-12(10-20)6-7-16(17)23-11-13-9-18(21)19-15-5-3-2-4-14(13)15/h2-10H,11H2,1H3,(H,19,21). The first-order valence-corrected chi connectivity index (χ1v) is 7.08. The van der Waals surface area contributed by atoms with Crippen molar-refractivity contribution in [1.29, 1.82) is 0 Å². The van der Waals surface area contributed by atoms with Crippen LogP contribution in [0, 0.1) is 0 Å². The van der Waals surface area contributed by atoms with Gasteiger partial charge in [0.05, 0.1) is 7.11 Å². The fourth-order valence-corrected chi connectivity index (χ4v) is 2.43. The van der Waals surface area contributed by atoms with Crippen LogP contribution in [0.4, 0.5) is 0 Å². The Bertz CT molecular complexity index is 914. The van der Waals surface area contributed by atoms with Crippen LogP contribution in [0.1, 0.15) is 15.9 Å². The van der Waals surface area contributed by atoms with E-state index in [0.29, 0.717) is 17.1 Å². The van der Waals surface area contributed by atoms with E-state index in [2.05, 4.69) is 4.98 Å². The molecule has 0 spiro atoms. The normalized spacial score (nSPS) is 10.5. The molecule has 5 heteroatoms. The summed E-state index contributed by atoms with van der Waals surface area (Å²) in [7, 11) is 1.51. The number of aldehydes is 1. The number of benzene rings is 2. The van der Waals surface area contributed by atoms with Gasteiger partial charge in [-0.3, -0.25) is 9.59 Å². The number of rotatable bonds is 5. The van der Waals surface area contributed by atoms with E-state index in [9.17, 15) is 9.59 Å². The number of methoxy groups -OCH3 is 1. The second-order valence-corrected chi connectivity index (χ2v) is 5.02. The number of H-pyrrole nitrogens is 1. The van der Waals surface area contributed by atoms with Crippen molar-refractivity contribution in [2.45, 2.75) is 6.61 Å². The second-order valence-electron chi connectivity index (χ2n) is 5.02. The lowest BCUT2D eigenvalue weighted by Crippen LogP contribution is -2.08. The molecule has 0 aliphatic carbocycles. The van der Waals surface area contributed by atoms with E-state index in [1.165, 1.54) is 13.2 Å². The van der Waals surface area contributed by atoms with E-state index in [1.807, 2.05) is 24.3 Å². The van der Waals surface area contributed by atoms with Gasteiger partial charge in [-0.1, -0.05) is 18.2 Å². The van der Waals surface area contributed by atoms with Crippen LogP contribution >= 0.6 is 0 Å². The van der Waals surface area contributed by atoms with E-state index in [-0.39, 0.29) is 12.2 Å². The van der Waals surface area contributed by atoms with Crippen LogP contribution in [-0.4, -0.2) is 18.4 Å². The highest BCUT2D eigenvalue weighted by atomic mass is 16.5. The molecular weight excluding hydrogens is 294 g/mol. The Morgan fingerprint density at radius 3 is 2.70 bits per heavy atom. The molecule has 0 unspecified atom stereocenters. The van der Waals surface area contributed by atoms with Crippen molar-refractivity contribution < 1.29 is 14.3 Å². The Labute approximate surface area is 132 Å². The van der Waals surface area contributed by atoms with Crippen molar-refractivity contribution in [2.75, 3.05) is 7.11 Å². The molecule has 3 aromatic rings. The summed E-state index contributed by atoms with van der Waals surface area (Å²) in [4.78, 5) is 25.4. The van der Waals surface area contributed by atoms with Crippen LogP contribution in [-0.2, 0) is 6.61 Å². The third-order valence-electron chi connectivity index (χ3n) is 3.54. The summed E-state index contributed by atoms with van der Waals surface area (Å²) < 4.78 is 11.0. The number of ether oxygens (including phenoxy) is 2. The molecule has 3 rings (SSSR count). The molecule has 0 saturated carbocycles. The Morgan fingerprint density at radius 1 is 1.09 bits per heavy atom. The summed E-state index contributed by atoms with van der Waals surface area (Å²) in [5.74, 6) is 0.992. The van der Waals surface area contributed by atoms with Crippen LogP contribution in [0.25, 0.3) is 10.9 Å². The molecule has 1 heterocycles.